The number of rotatable bonds is 3. The lowest BCUT2D eigenvalue weighted by molar-refractivity contribution is 0.477. The van der Waals surface area contributed by atoms with Crippen LogP contribution in [0.1, 0.15) is 17.4 Å². The lowest BCUT2D eigenvalue weighted by atomic mass is 10.1. The number of nitrogens with zero attached hydrogens (tertiary/aromatic N) is 2. The van der Waals surface area contributed by atoms with Crippen molar-refractivity contribution in [3.63, 3.8) is 0 Å². The summed E-state index contributed by atoms with van der Waals surface area (Å²) < 4.78 is 0.842. The van der Waals surface area contributed by atoms with E-state index in [4.69, 9.17) is 5.73 Å². The molecule has 2 aromatic carbocycles. The molecule has 0 amide bonds. The van der Waals surface area contributed by atoms with Crippen molar-refractivity contribution in [2.75, 3.05) is 0 Å². The molecule has 0 fully saturated rings. The molecule has 0 saturated carbocycles. The van der Waals surface area contributed by atoms with Crippen molar-refractivity contribution in [1.29, 1.82) is 0 Å². The average molecular weight is 345 g/mol. The maximum Gasteiger partial charge on any atom is 0.184 e. The third-order valence-corrected chi connectivity index (χ3v) is 3.65. The molecule has 3 rings (SSSR count). The van der Waals surface area contributed by atoms with E-state index >= 15 is 0 Å². The summed E-state index contributed by atoms with van der Waals surface area (Å²) in [4.78, 5) is 4.39. The summed E-state index contributed by atoms with van der Waals surface area (Å²) in [6, 6.07) is 14.4. The molecule has 4 N–H and O–H groups in total. The van der Waals surface area contributed by atoms with Gasteiger partial charge in [-0.1, -0.05) is 46.3 Å². The Labute approximate surface area is 130 Å². The van der Waals surface area contributed by atoms with Crippen molar-refractivity contribution in [1.82, 2.24) is 15.2 Å². The average Bonchev–Trinajstić information content (AvgIpc) is 2.99. The molecule has 0 unspecified atom stereocenters. The van der Waals surface area contributed by atoms with E-state index in [9.17, 15) is 5.11 Å². The van der Waals surface area contributed by atoms with E-state index in [1.165, 1.54) is 0 Å². The van der Waals surface area contributed by atoms with Gasteiger partial charge in [-0.05, 0) is 23.8 Å². The predicted octanol–water partition coefficient (Wildman–Crippen LogP) is 2.99. The Balaban J connectivity index is 1.95. The Morgan fingerprint density at radius 1 is 1.14 bits per heavy atom. The molecule has 21 heavy (non-hydrogen) atoms. The number of H-pyrrole nitrogens is 1. The Morgan fingerprint density at radius 3 is 2.67 bits per heavy atom. The van der Waals surface area contributed by atoms with Gasteiger partial charge in [-0.3, -0.25) is 5.10 Å². The van der Waals surface area contributed by atoms with E-state index < -0.39 is 0 Å². The number of aromatic hydroxyl groups is 1. The van der Waals surface area contributed by atoms with E-state index in [-0.39, 0.29) is 11.8 Å². The third kappa shape index (κ3) is 2.81. The molecular weight excluding hydrogens is 332 g/mol. The summed E-state index contributed by atoms with van der Waals surface area (Å²) in [5.74, 6) is 1.09. The maximum absolute atomic E-state index is 9.91. The van der Waals surface area contributed by atoms with Crippen LogP contribution in [0, 0.1) is 0 Å². The van der Waals surface area contributed by atoms with Gasteiger partial charge >= 0.3 is 0 Å². The van der Waals surface area contributed by atoms with Crippen LogP contribution in [0.5, 0.6) is 5.75 Å². The zero-order chi connectivity index (χ0) is 14.8. The number of hydrogen-bond acceptors (Lipinski definition) is 4. The topological polar surface area (TPSA) is 87.8 Å². The van der Waals surface area contributed by atoms with Crippen LogP contribution in [0.3, 0.4) is 0 Å². The second-order valence-corrected chi connectivity index (χ2v) is 5.51. The van der Waals surface area contributed by atoms with Crippen LogP contribution in [0.2, 0.25) is 0 Å². The number of phenolic OH excluding ortho intramolecular Hbond substituents is 1. The van der Waals surface area contributed by atoms with Crippen LogP contribution in [0.15, 0.2) is 53.0 Å². The van der Waals surface area contributed by atoms with Crippen LogP contribution in [0.4, 0.5) is 0 Å². The second kappa shape index (κ2) is 5.67. The molecule has 0 spiro atoms. The summed E-state index contributed by atoms with van der Waals surface area (Å²) in [6.07, 6.45) is 0. The third-order valence-electron chi connectivity index (χ3n) is 3.16. The molecular formula is C15H13BrN4O. The molecule has 3 aromatic rings. The number of hydrogen-bond donors (Lipinski definition) is 3. The minimum Gasteiger partial charge on any atom is -0.507 e. The Kier molecular flexibility index (Phi) is 3.72. The largest absolute Gasteiger partial charge is 0.507 e. The predicted molar refractivity (Wildman–Crippen MR) is 83.7 cm³/mol. The van der Waals surface area contributed by atoms with Crippen LogP contribution >= 0.6 is 15.9 Å². The zero-order valence-electron chi connectivity index (χ0n) is 11.0. The molecule has 0 aliphatic heterocycles. The standard InChI is InChI=1S/C15H13BrN4O/c16-10-6-7-12(21)11(8-10)14-18-15(20-19-14)13(17)9-4-2-1-3-5-9/h1-8,13,21H,17H2,(H,18,19,20)/t13-/m0/s1. The van der Waals surface area contributed by atoms with E-state index in [2.05, 4.69) is 31.1 Å². The number of nitrogens with two attached hydrogens (primary N) is 1. The van der Waals surface area contributed by atoms with E-state index in [0.717, 1.165) is 10.0 Å². The summed E-state index contributed by atoms with van der Waals surface area (Å²) in [5.41, 5.74) is 7.66. The van der Waals surface area contributed by atoms with Crippen molar-refractivity contribution in [2.45, 2.75) is 6.04 Å². The van der Waals surface area contributed by atoms with Gasteiger partial charge in [0.05, 0.1) is 11.6 Å². The van der Waals surface area contributed by atoms with Crippen molar-refractivity contribution in [3.8, 4) is 17.1 Å². The quantitative estimate of drug-likeness (QED) is 0.681. The van der Waals surface area contributed by atoms with Gasteiger partial charge in [-0.2, -0.15) is 5.10 Å². The highest BCUT2D eigenvalue weighted by atomic mass is 79.9. The van der Waals surface area contributed by atoms with Gasteiger partial charge in [0.25, 0.3) is 0 Å². The molecule has 106 valence electrons. The van der Waals surface area contributed by atoms with Gasteiger partial charge in [-0.25, -0.2) is 4.98 Å². The molecule has 0 bridgehead atoms. The number of aromatic nitrogens is 3. The van der Waals surface area contributed by atoms with Gasteiger partial charge < -0.3 is 10.8 Å². The van der Waals surface area contributed by atoms with Gasteiger partial charge in [0.15, 0.2) is 5.82 Å². The number of halogens is 1. The van der Waals surface area contributed by atoms with Crippen molar-refractivity contribution in [2.24, 2.45) is 5.73 Å². The normalized spacial score (nSPS) is 12.3. The highest BCUT2D eigenvalue weighted by Gasteiger charge is 2.16. The van der Waals surface area contributed by atoms with Crippen molar-refractivity contribution >= 4 is 15.9 Å². The molecule has 6 heteroatoms. The van der Waals surface area contributed by atoms with Gasteiger partial charge in [0, 0.05) is 4.47 Å². The first-order valence-electron chi connectivity index (χ1n) is 6.37. The molecule has 1 aromatic heterocycles. The van der Waals surface area contributed by atoms with Gasteiger partial charge in [0.1, 0.15) is 11.6 Å². The van der Waals surface area contributed by atoms with Crippen molar-refractivity contribution in [3.05, 3.63) is 64.4 Å². The van der Waals surface area contributed by atoms with Crippen LogP contribution < -0.4 is 5.73 Å². The first-order chi connectivity index (χ1) is 10.1. The van der Waals surface area contributed by atoms with E-state index in [0.29, 0.717) is 17.2 Å². The molecule has 1 heterocycles. The fourth-order valence-electron chi connectivity index (χ4n) is 2.04. The van der Waals surface area contributed by atoms with Crippen LogP contribution in [-0.2, 0) is 0 Å². The Hall–Kier alpha value is -2.18. The summed E-state index contributed by atoms with van der Waals surface area (Å²) >= 11 is 3.36. The maximum atomic E-state index is 9.91. The smallest absolute Gasteiger partial charge is 0.184 e. The molecule has 0 aliphatic rings. The van der Waals surface area contributed by atoms with Crippen LogP contribution in [-0.4, -0.2) is 20.3 Å². The molecule has 0 saturated heterocycles. The van der Waals surface area contributed by atoms with E-state index in [1.807, 2.05) is 30.3 Å². The van der Waals surface area contributed by atoms with Crippen molar-refractivity contribution < 1.29 is 5.11 Å². The lowest BCUT2D eigenvalue weighted by Crippen LogP contribution is -2.13. The van der Waals surface area contributed by atoms with Crippen LogP contribution in [0.25, 0.3) is 11.4 Å². The first-order valence-corrected chi connectivity index (χ1v) is 7.16. The molecule has 1 atom stereocenters. The first kappa shape index (κ1) is 13.8. The molecule has 5 nitrogen and oxygen atoms in total. The number of nitrogens with one attached hydrogen (secondary N) is 1. The SMILES string of the molecule is N[C@@H](c1ccccc1)c1nc(-c2cc(Br)ccc2O)n[nH]1. The number of aromatic amines is 1. The summed E-state index contributed by atoms with van der Waals surface area (Å²) in [7, 11) is 0. The fourth-order valence-corrected chi connectivity index (χ4v) is 2.40. The Morgan fingerprint density at radius 2 is 1.90 bits per heavy atom. The minimum atomic E-state index is -0.387. The lowest BCUT2D eigenvalue weighted by Gasteiger charge is -2.07. The highest BCUT2D eigenvalue weighted by Crippen LogP contribution is 2.30. The molecule has 0 aliphatic carbocycles. The summed E-state index contributed by atoms with van der Waals surface area (Å²) in [6.45, 7) is 0. The fraction of sp³-hybridized carbons (Fsp3) is 0.0667. The second-order valence-electron chi connectivity index (χ2n) is 4.59. The monoisotopic (exact) mass is 344 g/mol. The zero-order valence-corrected chi connectivity index (χ0v) is 12.6. The summed E-state index contributed by atoms with van der Waals surface area (Å²) in [5, 5.41) is 16.9. The Bertz CT molecular complexity index is 757. The molecule has 0 radical (unpaired) electrons. The number of phenols is 1. The van der Waals surface area contributed by atoms with Gasteiger partial charge in [-0.15, -0.1) is 0 Å². The highest BCUT2D eigenvalue weighted by molar-refractivity contribution is 9.10. The minimum absolute atomic E-state index is 0.122. The number of benzene rings is 2. The van der Waals surface area contributed by atoms with E-state index in [1.54, 1.807) is 18.2 Å². The van der Waals surface area contributed by atoms with Gasteiger partial charge in [0.2, 0.25) is 0 Å².